The molecule has 2 nitrogen and oxygen atoms in total. The molecule has 1 aromatic heterocycles. The summed E-state index contributed by atoms with van der Waals surface area (Å²) < 4.78 is 0.730. The number of carbonyl (C=O) groups is 1. The van der Waals surface area contributed by atoms with Crippen LogP contribution >= 0.6 is 27.5 Å². The molecule has 2 aromatic rings. The van der Waals surface area contributed by atoms with Gasteiger partial charge in [0.25, 0.3) is 0 Å². The zero-order chi connectivity index (χ0) is 12.4. The lowest BCUT2D eigenvalue weighted by Crippen LogP contribution is -2.03. The predicted molar refractivity (Wildman–Crippen MR) is 71.6 cm³/mol. The maximum Gasteiger partial charge on any atom is 0.195 e. The summed E-state index contributed by atoms with van der Waals surface area (Å²) in [6, 6.07) is 6.95. The molecule has 0 aliphatic rings. The minimum absolute atomic E-state index is 0.0874. The standard InChI is InChI=1S/C13H9BrClNO/c1-8-4-9(7-16-6-8)13(17)11-5-10(15)2-3-12(11)14/h2-7H,1H3. The SMILES string of the molecule is Cc1cncc(C(=O)c2cc(Cl)ccc2Br)c1. The quantitative estimate of drug-likeness (QED) is 0.784. The van der Waals surface area contributed by atoms with Crippen LogP contribution in [-0.4, -0.2) is 10.8 Å². The van der Waals surface area contributed by atoms with E-state index in [4.69, 9.17) is 11.6 Å². The summed E-state index contributed by atoms with van der Waals surface area (Å²) in [5.74, 6) is -0.0874. The molecule has 0 saturated heterocycles. The highest BCUT2D eigenvalue weighted by Crippen LogP contribution is 2.23. The van der Waals surface area contributed by atoms with E-state index in [1.165, 1.54) is 0 Å². The number of pyridine rings is 1. The molecule has 0 radical (unpaired) electrons. The Kier molecular flexibility index (Phi) is 3.60. The number of nitrogens with zero attached hydrogens (tertiary/aromatic N) is 1. The number of hydrogen-bond acceptors (Lipinski definition) is 2. The van der Waals surface area contributed by atoms with Gasteiger partial charge in [-0.1, -0.05) is 27.5 Å². The summed E-state index contributed by atoms with van der Waals surface area (Å²) >= 11 is 9.24. The maximum atomic E-state index is 12.2. The lowest BCUT2D eigenvalue weighted by atomic mass is 10.0. The van der Waals surface area contributed by atoms with Crippen LogP contribution in [0, 0.1) is 6.92 Å². The van der Waals surface area contributed by atoms with E-state index in [9.17, 15) is 4.79 Å². The van der Waals surface area contributed by atoms with E-state index in [0.717, 1.165) is 10.0 Å². The molecule has 86 valence electrons. The van der Waals surface area contributed by atoms with Crippen molar-refractivity contribution in [3.63, 3.8) is 0 Å². The number of carbonyl (C=O) groups excluding carboxylic acids is 1. The van der Waals surface area contributed by atoms with Crippen molar-refractivity contribution in [2.24, 2.45) is 0 Å². The van der Waals surface area contributed by atoms with Crippen molar-refractivity contribution in [3.8, 4) is 0 Å². The van der Waals surface area contributed by atoms with Gasteiger partial charge in [0.15, 0.2) is 5.78 Å². The van der Waals surface area contributed by atoms with Gasteiger partial charge >= 0.3 is 0 Å². The van der Waals surface area contributed by atoms with Crippen LogP contribution in [0.1, 0.15) is 21.5 Å². The molecule has 0 aliphatic heterocycles. The lowest BCUT2D eigenvalue weighted by Gasteiger charge is -2.04. The molecule has 1 aromatic carbocycles. The van der Waals surface area contributed by atoms with Crippen LogP contribution in [0.3, 0.4) is 0 Å². The first-order valence-electron chi connectivity index (χ1n) is 4.99. The van der Waals surface area contributed by atoms with Gasteiger partial charge in [0.05, 0.1) is 0 Å². The normalized spacial score (nSPS) is 10.3. The van der Waals surface area contributed by atoms with Crippen molar-refractivity contribution in [2.75, 3.05) is 0 Å². The highest BCUT2D eigenvalue weighted by molar-refractivity contribution is 9.10. The van der Waals surface area contributed by atoms with Gasteiger partial charge in [-0.25, -0.2) is 0 Å². The predicted octanol–water partition coefficient (Wildman–Crippen LogP) is 4.04. The Labute approximate surface area is 113 Å². The third kappa shape index (κ3) is 2.73. The second kappa shape index (κ2) is 4.98. The Morgan fingerprint density at radius 2 is 2.06 bits per heavy atom. The monoisotopic (exact) mass is 309 g/mol. The summed E-state index contributed by atoms with van der Waals surface area (Å²) in [5.41, 5.74) is 2.06. The van der Waals surface area contributed by atoms with Gasteiger partial charge in [-0.3, -0.25) is 9.78 Å². The maximum absolute atomic E-state index is 12.2. The van der Waals surface area contributed by atoms with Crippen molar-refractivity contribution in [1.29, 1.82) is 0 Å². The third-order valence-corrected chi connectivity index (χ3v) is 3.24. The molecule has 1 heterocycles. The first-order valence-corrected chi connectivity index (χ1v) is 6.16. The van der Waals surface area contributed by atoms with Crippen molar-refractivity contribution in [2.45, 2.75) is 6.92 Å². The minimum Gasteiger partial charge on any atom is -0.289 e. The molecule has 0 N–H and O–H groups in total. The fourth-order valence-corrected chi connectivity index (χ4v) is 2.10. The molecular formula is C13H9BrClNO. The second-order valence-corrected chi connectivity index (χ2v) is 5.00. The average Bonchev–Trinajstić information content (AvgIpc) is 2.31. The smallest absolute Gasteiger partial charge is 0.195 e. The van der Waals surface area contributed by atoms with Crippen LogP contribution < -0.4 is 0 Å². The number of halogens is 2. The molecule has 0 saturated carbocycles. The molecule has 0 amide bonds. The summed E-state index contributed by atoms with van der Waals surface area (Å²) in [7, 11) is 0. The summed E-state index contributed by atoms with van der Waals surface area (Å²) in [6.07, 6.45) is 3.27. The van der Waals surface area contributed by atoms with Crippen LogP contribution in [0.15, 0.2) is 41.1 Å². The number of hydrogen-bond donors (Lipinski definition) is 0. The number of rotatable bonds is 2. The number of aromatic nitrogens is 1. The van der Waals surface area contributed by atoms with Crippen molar-refractivity contribution < 1.29 is 4.79 Å². The zero-order valence-electron chi connectivity index (χ0n) is 9.08. The molecule has 0 bridgehead atoms. The van der Waals surface area contributed by atoms with E-state index in [1.54, 1.807) is 30.6 Å². The fourth-order valence-electron chi connectivity index (χ4n) is 1.51. The van der Waals surface area contributed by atoms with E-state index in [1.807, 2.05) is 13.0 Å². The fraction of sp³-hybridized carbons (Fsp3) is 0.0769. The average molecular weight is 311 g/mol. The lowest BCUT2D eigenvalue weighted by molar-refractivity contribution is 0.103. The van der Waals surface area contributed by atoms with E-state index in [0.29, 0.717) is 16.1 Å². The molecule has 17 heavy (non-hydrogen) atoms. The largest absolute Gasteiger partial charge is 0.289 e. The first-order chi connectivity index (χ1) is 8.08. The molecule has 0 spiro atoms. The third-order valence-electron chi connectivity index (χ3n) is 2.31. The van der Waals surface area contributed by atoms with Crippen LogP contribution in [-0.2, 0) is 0 Å². The Morgan fingerprint density at radius 1 is 1.29 bits per heavy atom. The van der Waals surface area contributed by atoms with E-state index in [-0.39, 0.29) is 5.78 Å². The molecule has 4 heteroatoms. The van der Waals surface area contributed by atoms with Crippen molar-refractivity contribution in [1.82, 2.24) is 4.98 Å². The highest BCUT2D eigenvalue weighted by Gasteiger charge is 2.13. The summed E-state index contributed by atoms with van der Waals surface area (Å²) in [6.45, 7) is 1.90. The Balaban J connectivity index is 2.47. The van der Waals surface area contributed by atoms with Crippen LogP contribution in [0.4, 0.5) is 0 Å². The van der Waals surface area contributed by atoms with Crippen LogP contribution in [0.2, 0.25) is 5.02 Å². The van der Waals surface area contributed by atoms with Gasteiger partial charge in [0.1, 0.15) is 0 Å². The van der Waals surface area contributed by atoms with Crippen molar-refractivity contribution in [3.05, 3.63) is 62.8 Å². The number of ketones is 1. The Hall–Kier alpha value is -1.19. The van der Waals surface area contributed by atoms with Crippen LogP contribution in [0.5, 0.6) is 0 Å². The first kappa shape index (κ1) is 12.3. The van der Waals surface area contributed by atoms with Gasteiger partial charge < -0.3 is 0 Å². The molecular weight excluding hydrogens is 302 g/mol. The van der Waals surface area contributed by atoms with Gasteiger partial charge in [-0.15, -0.1) is 0 Å². The Bertz CT molecular complexity index is 583. The van der Waals surface area contributed by atoms with E-state index < -0.39 is 0 Å². The van der Waals surface area contributed by atoms with Gasteiger partial charge in [-0.2, -0.15) is 0 Å². The highest BCUT2D eigenvalue weighted by atomic mass is 79.9. The topological polar surface area (TPSA) is 30.0 Å². The van der Waals surface area contributed by atoms with Gasteiger partial charge in [-0.05, 0) is 36.8 Å². The molecule has 2 rings (SSSR count). The van der Waals surface area contributed by atoms with E-state index >= 15 is 0 Å². The zero-order valence-corrected chi connectivity index (χ0v) is 11.4. The number of benzene rings is 1. The van der Waals surface area contributed by atoms with Gasteiger partial charge in [0, 0.05) is 33.0 Å². The minimum atomic E-state index is -0.0874. The second-order valence-electron chi connectivity index (χ2n) is 3.70. The Morgan fingerprint density at radius 3 is 2.76 bits per heavy atom. The van der Waals surface area contributed by atoms with Gasteiger partial charge in [0.2, 0.25) is 0 Å². The summed E-state index contributed by atoms with van der Waals surface area (Å²) in [5, 5.41) is 0.539. The van der Waals surface area contributed by atoms with Crippen molar-refractivity contribution >= 4 is 33.3 Å². The number of aryl methyl sites for hydroxylation is 1. The summed E-state index contributed by atoms with van der Waals surface area (Å²) in [4.78, 5) is 16.3. The van der Waals surface area contributed by atoms with E-state index in [2.05, 4.69) is 20.9 Å². The molecule has 0 aliphatic carbocycles. The molecule has 0 fully saturated rings. The molecule has 0 atom stereocenters. The van der Waals surface area contributed by atoms with Crippen LogP contribution in [0.25, 0.3) is 0 Å². The molecule has 0 unspecified atom stereocenters.